The van der Waals surface area contributed by atoms with Crippen LogP contribution < -0.4 is 5.32 Å². The predicted octanol–water partition coefficient (Wildman–Crippen LogP) is 0.425. The number of rotatable bonds is 5. The third-order valence-electron chi connectivity index (χ3n) is 2.25. The van der Waals surface area contributed by atoms with Crippen LogP contribution in [-0.2, 0) is 4.79 Å². The molecule has 0 spiro atoms. The highest BCUT2D eigenvalue weighted by Crippen LogP contribution is 2.25. The van der Waals surface area contributed by atoms with E-state index >= 15 is 0 Å². The zero-order valence-electron chi connectivity index (χ0n) is 8.13. The van der Waals surface area contributed by atoms with Crippen molar-refractivity contribution in [1.82, 2.24) is 5.32 Å². The first-order valence-electron chi connectivity index (χ1n) is 4.47. The van der Waals surface area contributed by atoms with Crippen LogP contribution in [0.1, 0.15) is 26.7 Å². The van der Waals surface area contributed by atoms with Crippen molar-refractivity contribution < 1.29 is 9.90 Å². The second kappa shape index (κ2) is 5.55. The lowest BCUT2D eigenvalue weighted by molar-refractivity contribution is -0.128. The van der Waals surface area contributed by atoms with E-state index in [0.717, 1.165) is 0 Å². The SMILES string of the molecule is CCC(C#N)(CC)C(=O)NCCO. The number of carbonyl (C=O) groups is 1. The molecular weight excluding hydrogens is 168 g/mol. The van der Waals surface area contributed by atoms with E-state index in [1.165, 1.54) is 0 Å². The molecule has 0 aromatic carbocycles. The summed E-state index contributed by atoms with van der Waals surface area (Å²) in [5.74, 6) is -0.283. The number of nitrogens with zero attached hydrogens (tertiary/aromatic N) is 1. The topological polar surface area (TPSA) is 73.1 Å². The number of nitrogens with one attached hydrogen (secondary N) is 1. The molecule has 0 aliphatic rings. The first-order valence-corrected chi connectivity index (χ1v) is 4.47. The minimum Gasteiger partial charge on any atom is -0.395 e. The molecule has 0 fully saturated rings. The molecule has 0 heterocycles. The molecule has 0 unspecified atom stereocenters. The molecule has 13 heavy (non-hydrogen) atoms. The van der Waals surface area contributed by atoms with Crippen molar-refractivity contribution in [2.24, 2.45) is 5.41 Å². The Morgan fingerprint density at radius 1 is 1.54 bits per heavy atom. The van der Waals surface area contributed by atoms with Crippen molar-refractivity contribution in [2.75, 3.05) is 13.2 Å². The van der Waals surface area contributed by atoms with Crippen LogP contribution in [0, 0.1) is 16.7 Å². The van der Waals surface area contributed by atoms with Crippen LogP contribution in [0.2, 0.25) is 0 Å². The van der Waals surface area contributed by atoms with Gasteiger partial charge in [-0.15, -0.1) is 0 Å². The second-order valence-corrected chi connectivity index (χ2v) is 2.88. The molecule has 4 nitrogen and oxygen atoms in total. The summed E-state index contributed by atoms with van der Waals surface area (Å²) < 4.78 is 0. The van der Waals surface area contributed by atoms with Gasteiger partial charge in [0.1, 0.15) is 5.41 Å². The molecule has 0 rings (SSSR count). The molecule has 0 bridgehead atoms. The van der Waals surface area contributed by atoms with Gasteiger partial charge in [-0.05, 0) is 12.8 Å². The summed E-state index contributed by atoms with van der Waals surface area (Å²) in [5, 5.41) is 19.9. The third kappa shape index (κ3) is 2.71. The lowest BCUT2D eigenvalue weighted by Crippen LogP contribution is -2.40. The van der Waals surface area contributed by atoms with E-state index in [1.807, 2.05) is 19.9 Å². The monoisotopic (exact) mass is 184 g/mol. The molecule has 0 aromatic rings. The van der Waals surface area contributed by atoms with Crippen LogP contribution in [0.5, 0.6) is 0 Å². The zero-order valence-corrected chi connectivity index (χ0v) is 8.13. The normalized spacial score (nSPS) is 10.6. The van der Waals surface area contributed by atoms with Crippen molar-refractivity contribution in [3.8, 4) is 6.07 Å². The Hall–Kier alpha value is -1.08. The molecular formula is C9H16N2O2. The Morgan fingerprint density at radius 2 is 2.08 bits per heavy atom. The van der Waals surface area contributed by atoms with Crippen molar-refractivity contribution >= 4 is 5.91 Å². The molecule has 0 atom stereocenters. The van der Waals surface area contributed by atoms with Gasteiger partial charge in [0, 0.05) is 6.54 Å². The molecule has 0 radical (unpaired) electrons. The van der Waals surface area contributed by atoms with Gasteiger partial charge < -0.3 is 10.4 Å². The van der Waals surface area contributed by atoms with E-state index in [4.69, 9.17) is 10.4 Å². The highest BCUT2D eigenvalue weighted by molar-refractivity contribution is 5.85. The van der Waals surface area contributed by atoms with E-state index in [0.29, 0.717) is 12.8 Å². The number of carbonyl (C=O) groups excluding carboxylic acids is 1. The van der Waals surface area contributed by atoms with Crippen molar-refractivity contribution in [3.05, 3.63) is 0 Å². The van der Waals surface area contributed by atoms with Crippen LogP contribution in [0.3, 0.4) is 0 Å². The quantitative estimate of drug-likeness (QED) is 0.650. The lowest BCUT2D eigenvalue weighted by atomic mass is 9.83. The highest BCUT2D eigenvalue weighted by atomic mass is 16.3. The van der Waals surface area contributed by atoms with Crippen LogP contribution in [-0.4, -0.2) is 24.2 Å². The van der Waals surface area contributed by atoms with Crippen molar-refractivity contribution in [3.63, 3.8) is 0 Å². The maximum atomic E-state index is 11.5. The number of amides is 1. The Balaban J connectivity index is 4.38. The fourth-order valence-corrected chi connectivity index (χ4v) is 1.12. The summed E-state index contributed by atoms with van der Waals surface area (Å²) in [6, 6.07) is 2.03. The lowest BCUT2D eigenvalue weighted by Gasteiger charge is -2.21. The number of aliphatic hydroxyl groups is 1. The number of aliphatic hydroxyl groups excluding tert-OH is 1. The molecule has 0 aromatic heterocycles. The zero-order chi connectivity index (χ0) is 10.3. The molecule has 0 saturated carbocycles. The average molecular weight is 184 g/mol. The van der Waals surface area contributed by atoms with Gasteiger partial charge in [0.05, 0.1) is 12.7 Å². The van der Waals surface area contributed by atoms with E-state index in [-0.39, 0.29) is 19.1 Å². The van der Waals surface area contributed by atoms with E-state index in [9.17, 15) is 4.79 Å². The molecule has 2 N–H and O–H groups in total. The molecule has 1 amide bonds. The van der Waals surface area contributed by atoms with Crippen LogP contribution in [0.15, 0.2) is 0 Å². The third-order valence-corrected chi connectivity index (χ3v) is 2.25. The smallest absolute Gasteiger partial charge is 0.240 e. The molecule has 0 aliphatic carbocycles. The molecule has 0 saturated heterocycles. The second-order valence-electron chi connectivity index (χ2n) is 2.88. The van der Waals surface area contributed by atoms with Crippen LogP contribution >= 0.6 is 0 Å². The summed E-state index contributed by atoms with van der Waals surface area (Å²) >= 11 is 0. The Morgan fingerprint density at radius 3 is 2.38 bits per heavy atom. The van der Waals surface area contributed by atoms with Gasteiger partial charge in [-0.25, -0.2) is 0 Å². The fraction of sp³-hybridized carbons (Fsp3) is 0.778. The molecule has 74 valence electrons. The summed E-state index contributed by atoms with van der Waals surface area (Å²) in [6.45, 7) is 3.74. The fourth-order valence-electron chi connectivity index (χ4n) is 1.12. The average Bonchev–Trinajstić information content (AvgIpc) is 2.18. The van der Waals surface area contributed by atoms with Gasteiger partial charge in [0.2, 0.25) is 5.91 Å². The summed E-state index contributed by atoms with van der Waals surface area (Å²) in [7, 11) is 0. The summed E-state index contributed by atoms with van der Waals surface area (Å²) in [6.07, 6.45) is 0.995. The highest BCUT2D eigenvalue weighted by Gasteiger charge is 2.34. The van der Waals surface area contributed by atoms with Gasteiger partial charge in [0.15, 0.2) is 0 Å². The van der Waals surface area contributed by atoms with E-state index in [1.54, 1.807) is 0 Å². The van der Waals surface area contributed by atoms with Crippen LogP contribution in [0.25, 0.3) is 0 Å². The van der Waals surface area contributed by atoms with Gasteiger partial charge >= 0.3 is 0 Å². The molecule has 4 heteroatoms. The van der Waals surface area contributed by atoms with Gasteiger partial charge in [-0.1, -0.05) is 13.8 Å². The number of hydrogen-bond donors (Lipinski definition) is 2. The van der Waals surface area contributed by atoms with Gasteiger partial charge in [-0.2, -0.15) is 5.26 Å². The predicted molar refractivity (Wildman–Crippen MR) is 48.7 cm³/mol. The summed E-state index contributed by atoms with van der Waals surface area (Å²) in [4.78, 5) is 11.5. The number of hydrogen-bond acceptors (Lipinski definition) is 3. The maximum absolute atomic E-state index is 11.5. The largest absolute Gasteiger partial charge is 0.395 e. The minimum atomic E-state index is -0.921. The van der Waals surface area contributed by atoms with E-state index in [2.05, 4.69) is 5.32 Å². The first kappa shape index (κ1) is 11.9. The van der Waals surface area contributed by atoms with Crippen molar-refractivity contribution in [1.29, 1.82) is 5.26 Å². The Labute approximate surface area is 78.6 Å². The van der Waals surface area contributed by atoms with E-state index < -0.39 is 5.41 Å². The Kier molecular flexibility index (Phi) is 5.09. The summed E-state index contributed by atoms with van der Waals surface area (Å²) in [5.41, 5.74) is -0.921. The standard InChI is InChI=1S/C9H16N2O2/c1-3-9(4-2,7-10)8(13)11-5-6-12/h12H,3-6H2,1-2H3,(H,11,13). The first-order chi connectivity index (χ1) is 6.16. The Bertz CT molecular complexity index is 204. The maximum Gasteiger partial charge on any atom is 0.240 e. The van der Waals surface area contributed by atoms with Gasteiger partial charge in [-0.3, -0.25) is 4.79 Å². The van der Waals surface area contributed by atoms with Gasteiger partial charge in [0.25, 0.3) is 0 Å². The minimum absolute atomic E-state index is 0.0966. The molecule has 0 aliphatic heterocycles. The van der Waals surface area contributed by atoms with Crippen LogP contribution in [0.4, 0.5) is 0 Å². The van der Waals surface area contributed by atoms with Crippen molar-refractivity contribution in [2.45, 2.75) is 26.7 Å². The number of nitriles is 1.